The molecule has 0 amide bonds. The number of ether oxygens (including phenoxy) is 2. The Kier molecular flexibility index (Phi) is 6.20. The number of nitrogens with one attached hydrogen (secondary N) is 1. The smallest absolute Gasteiger partial charge is 0.157 e. The summed E-state index contributed by atoms with van der Waals surface area (Å²) in [7, 11) is 3.38. The molecule has 0 bridgehead atoms. The van der Waals surface area contributed by atoms with E-state index in [0.717, 1.165) is 40.4 Å². The fraction of sp³-hybridized carbons (Fsp3) is 0.333. The van der Waals surface area contributed by atoms with Crippen molar-refractivity contribution in [3.63, 3.8) is 0 Å². The van der Waals surface area contributed by atoms with Gasteiger partial charge in [-0.25, -0.2) is 19.6 Å². The summed E-state index contributed by atoms with van der Waals surface area (Å²) in [5, 5.41) is 12.9. The summed E-state index contributed by atoms with van der Waals surface area (Å²) in [6.45, 7) is 4.17. The van der Waals surface area contributed by atoms with Crippen LogP contribution in [0.2, 0.25) is 0 Å². The van der Waals surface area contributed by atoms with Crippen molar-refractivity contribution in [2.75, 3.05) is 32.7 Å². The summed E-state index contributed by atoms with van der Waals surface area (Å²) < 4.78 is 12.4. The van der Waals surface area contributed by atoms with Crippen LogP contribution in [0.3, 0.4) is 0 Å². The molecular formula is C21H24N6O2S. The van der Waals surface area contributed by atoms with E-state index in [1.54, 1.807) is 31.9 Å². The molecule has 0 fully saturated rings. The van der Waals surface area contributed by atoms with Crippen LogP contribution in [-0.4, -0.2) is 52.1 Å². The lowest BCUT2D eigenvalue weighted by atomic mass is 10.0. The SMILES string of the molecule is COCCn1ncc2cc(-c3cc(NCC(C)c4cscc4OC)ncn3)cnc21. The number of methoxy groups -OCH3 is 2. The van der Waals surface area contributed by atoms with Gasteiger partial charge in [0.25, 0.3) is 0 Å². The molecule has 0 aromatic carbocycles. The monoisotopic (exact) mass is 424 g/mol. The topological polar surface area (TPSA) is 87.0 Å². The molecule has 4 heterocycles. The second-order valence-corrected chi connectivity index (χ2v) is 7.71. The van der Waals surface area contributed by atoms with Crippen molar-refractivity contribution in [2.45, 2.75) is 19.4 Å². The van der Waals surface area contributed by atoms with Crippen LogP contribution in [0.25, 0.3) is 22.3 Å². The molecule has 1 unspecified atom stereocenters. The highest BCUT2D eigenvalue weighted by molar-refractivity contribution is 7.08. The zero-order valence-electron chi connectivity index (χ0n) is 17.2. The number of pyridine rings is 1. The highest BCUT2D eigenvalue weighted by Crippen LogP contribution is 2.30. The third-order valence-corrected chi connectivity index (χ3v) is 5.68. The van der Waals surface area contributed by atoms with Gasteiger partial charge >= 0.3 is 0 Å². The number of rotatable bonds is 9. The Morgan fingerprint density at radius 2 is 2.03 bits per heavy atom. The van der Waals surface area contributed by atoms with Gasteiger partial charge in [-0.05, 0) is 11.4 Å². The summed E-state index contributed by atoms with van der Waals surface area (Å²) in [6, 6.07) is 3.99. The van der Waals surface area contributed by atoms with E-state index in [9.17, 15) is 0 Å². The van der Waals surface area contributed by atoms with Crippen LogP contribution < -0.4 is 10.1 Å². The second-order valence-electron chi connectivity index (χ2n) is 6.96. The van der Waals surface area contributed by atoms with Crippen molar-refractivity contribution in [1.29, 1.82) is 0 Å². The van der Waals surface area contributed by atoms with E-state index in [4.69, 9.17) is 9.47 Å². The van der Waals surface area contributed by atoms with Gasteiger partial charge in [-0.3, -0.25) is 0 Å². The maximum atomic E-state index is 5.43. The van der Waals surface area contributed by atoms with Crippen molar-refractivity contribution in [3.05, 3.63) is 47.2 Å². The number of hydrogen-bond donors (Lipinski definition) is 1. The summed E-state index contributed by atoms with van der Waals surface area (Å²) in [5.41, 5.74) is 3.77. The first kappa shape index (κ1) is 20.2. The molecule has 9 heteroatoms. The minimum absolute atomic E-state index is 0.292. The predicted octanol–water partition coefficient (Wildman–Crippen LogP) is 3.82. The van der Waals surface area contributed by atoms with E-state index in [1.165, 1.54) is 5.56 Å². The Balaban J connectivity index is 1.49. The molecule has 0 radical (unpaired) electrons. The lowest BCUT2D eigenvalue weighted by Gasteiger charge is -2.14. The first-order chi connectivity index (χ1) is 14.7. The number of anilines is 1. The maximum Gasteiger partial charge on any atom is 0.157 e. The number of aromatic nitrogens is 5. The van der Waals surface area contributed by atoms with E-state index in [0.29, 0.717) is 19.1 Å². The molecular weight excluding hydrogens is 400 g/mol. The summed E-state index contributed by atoms with van der Waals surface area (Å²) in [5.74, 6) is 2.00. The molecule has 0 aliphatic carbocycles. The highest BCUT2D eigenvalue weighted by Gasteiger charge is 2.13. The van der Waals surface area contributed by atoms with Gasteiger partial charge in [0.2, 0.25) is 0 Å². The number of thiophene rings is 1. The highest BCUT2D eigenvalue weighted by atomic mass is 32.1. The van der Waals surface area contributed by atoms with Crippen molar-refractivity contribution < 1.29 is 9.47 Å². The molecule has 4 aromatic rings. The van der Waals surface area contributed by atoms with Gasteiger partial charge in [-0.15, -0.1) is 11.3 Å². The molecule has 4 rings (SSSR count). The molecule has 1 atom stereocenters. The summed E-state index contributed by atoms with van der Waals surface area (Å²) in [4.78, 5) is 13.4. The maximum absolute atomic E-state index is 5.43. The summed E-state index contributed by atoms with van der Waals surface area (Å²) >= 11 is 1.65. The van der Waals surface area contributed by atoms with E-state index >= 15 is 0 Å². The van der Waals surface area contributed by atoms with Crippen molar-refractivity contribution in [3.8, 4) is 17.0 Å². The lowest BCUT2D eigenvalue weighted by Crippen LogP contribution is -2.11. The van der Waals surface area contributed by atoms with Crippen LogP contribution in [-0.2, 0) is 11.3 Å². The minimum atomic E-state index is 0.292. The minimum Gasteiger partial charge on any atom is -0.496 e. The molecule has 0 saturated carbocycles. The Labute approximate surface area is 178 Å². The molecule has 156 valence electrons. The van der Waals surface area contributed by atoms with Crippen LogP contribution >= 0.6 is 11.3 Å². The van der Waals surface area contributed by atoms with Gasteiger partial charge in [-0.2, -0.15) is 5.10 Å². The molecule has 1 N–H and O–H groups in total. The van der Waals surface area contributed by atoms with Gasteiger partial charge in [0.1, 0.15) is 17.9 Å². The molecule has 0 aliphatic heterocycles. The van der Waals surface area contributed by atoms with Gasteiger partial charge < -0.3 is 14.8 Å². The van der Waals surface area contributed by atoms with Gasteiger partial charge in [0.05, 0.1) is 32.2 Å². The zero-order valence-corrected chi connectivity index (χ0v) is 18.0. The third-order valence-electron chi connectivity index (χ3n) is 4.94. The molecule has 0 spiro atoms. The van der Waals surface area contributed by atoms with Crippen LogP contribution in [0.5, 0.6) is 5.75 Å². The summed E-state index contributed by atoms with van der Waals surface area (Å²) in [6.07, 6.45) is 5.20. The zero-order chi connectivity index (χ0) is 20.9. The van der Waals surface area contributed by atoms with Gasteiger partial charge in [-0.1, -0.05) is 6.92 Å². The number of fused-ring (bicyclic) bond motifs is 1. The Hall–Kier alpha value is -3.04. The van der Waals surface area contributed by atoms with Crippen molar-refractivity contribution >= 4 is 28.2 Å². The normalized spacial score (nSPS) is 12.2. The number of hydrogen-bond acceptors (Lipinski definition) is 8. The average molecular weight is 425 g/mol. The molecule has 4 aromatic heterocycles. The average Bonchev–Trinajstić information content (AvgIpc) is 3.42. The van der Waals surface area contributed by atoms with Gasteiger partial charge in [0, 0.05) is 53.7 Å². The molecule has 30 heavy (non-hydrogen) atoms. The van der Waals surface area contributed by atoms with E-state index < -0.39 is 0 Å². The Bertz CT molecular complexity index is 1130. The molecule has 8 nitrogen and oxygen atoms in total. The first-order valence-electron chi connectivity index (χ1n) is 9.66. The van der Waals surface area contributed by atoms with E-state index in [-0.39, 0.29) is 0 Å². The fourth-order valence-electron chi connectivity index (χ4n) is 3.25. The van der Waals surface area contributed by atoms with Crippen molar-refractivity contribution in [1.82, 2.24) is 24.7 Å². The van der Waals surface area contributed by atoms with Crippen LogP contribution in [0.15, 0.2) is 41.6 Å². The Morgan fingerprint density at radius 1 is 1.13 bits per heavy atom. The fourth-order valence-corrected chi connectivity index (χ4v) is 4.17. The second kappa shape index (κ2) is 9.19. The predicted molar refractivity (Wildman–Crippen MR) is 118 cm³/mol. The van der Waals surface area contributed by atoms with Crippen LogP contribution in [0, 0.1) is 0 Å². The van der Waals surface area contributed by atoms with Crippen LogP contribution in [0.1, 0.15) is 18.4 Å². The lowest BCUT2D eigenvalue weighted by molar-refractivity contribution is 0.184. The molecule has 0 aliphatic rings. The van der Waals surface area contributed by atoms with Crippen molar-refractivity contribution in [2.24, 2.45) is 0 Å². The molecule has 0 saturated heterocycles. The van der Waals surface area contributed by atoms with E-state index in [2.05, 4.69) is 37.7 Å². The first-order valence-corrected chi connectivity index (χ1v) is 10.6. The largest absolute Gasteiger partial charge is 0.496 e. The van der Waals surface area contributed by atoms with E-state index in [1.807, 2.05) is 34.6 Å². The standard InChI is InChI=1S/C21H24N6O2S/c1-14(17-11-30-12-19(17)29-3)8-22-20-7-18(24-13-25-20)15-6-16-10-26-27(4-5-28-2)21(16)23-9-15/h6-7,9-14H,4-5,8H2,1-3H3,(H,22,24,25). The quantitative estimate of drug-likeness (QED) is 0.437. The van der Waals surface area contributed by atoms with Crippen LogP contribution in [0.4, 0.5) is 5.82 Å². The number of nitrogens with zero attached hydrogens (tertiary/aromatic N) is 5. The Morgan fingerprint density at radius 3 is 2.87 bits per heavy atom. The van der Waals surface area contributed by atoms with Gasteiger partial charge in [0.15, 0.2) is 5.65 Å². The third kappa shape index (κ3) is 4.27.